The molecule has 1 heterocycles. The molecule has 0 saturated heterocycles. The van der Waals surface area contributed by atoms with E-state index in [1.165, 1.54) is 11.8 Å². The summed E-state index contributed by atoms with van der Waals surface area (Å²) >= 11 is 0. The number of alkyl halides is 2. The molecule has 0 saturated carbocycles. The average Bonchev–Trinajstić information content (AvgIpc) is 2.83. The Morgan fingerprint density at radius 2 is 1.88 bits per heavy atom. The molecule has 0 bridgehead atoms. The van der Waals surface area contributed by atoms with E-state index in [9.17, 15) is 18.4 Å². The Hall–Kier alpha value is -2.77. The van der Waals surface area contributed by atoms with Crippen LogP contribution in [0.1, 0.15) is 29.1 Å². The summed E-state index contributed by atoms with van der Waals surface area (Å²) in [6.07, 6.45) is -0.176. The van der Waals surface area contributed by atoms with Gasteiger partial charge in [-0.2, -0.15) is 13.9 Å². The largest absolute Gasteiger partial charge is 0.480 e. The zero-order chi connectivity index (χ0) is 18.6. The van der Waals surface area contributed by atoms with E-state index >= 15 is 0 Å². The summed E-state index contributed by atoms with van der Waals surface area (Å²) in [7, 11) is 0. The van der Waals surface area contributed by atoms with Crippen molar-refractivity contribution in [1.82, 2.24) is 14.7 Å². The standard InChI is InChI=1S/C17H19F2N3O3/c1-11-14(12(2)22(20-11)17(18)19)8-15(23)21(10-16(24)25)9-13-6-4-3-5-7-13/h3-7,17H,8-10H2,1-2H3,(H,24,25). The summed E-state index contributed by atoms with van der Waals surface area (Å²) in [5.74, 6) is -1.59. The molecule has 0 fully saturated rings. The minimum absolute atomic E-state index is 0.132. The summed E-state index contributed by atoms with van der Waals surface area (Å²) in [6, 6.07) is 8.97. The van der Waals surface area contributed by atoms with Crippen molar-refractivity contribution in [2.24, 2.45) is 0 Å². The number of nitrogens with zero attached hydrogens (tertiary/aromatic N) is 3. The number of carboxylic acids is 1. The summed E-state index contributed by atoms with van der Waals surface area (Å²) in [4.78, 5) is 24.8. The van der Waals surface area contributed by atoms with Gasteiger partial charge in [0.25, 0.3) is 0 Å². The van der Waals surface area contributed by atoms with E-state index in [4.69, 9.17) is 5.11 Å². The van der Waals surface area contributed by atoms with Crippen molar-refractivity contribution >= 4 is 11.9 Å². The molecule has 0 aliphatic carbocycles. The Morgan fingerprint density at radius 1 is 1.24 bits per heavy atom. The van der Waals surface area contributed by atoms with Crippen LogP contribution in [-0.2, 0) is 22.6 Å². The molecule has 1 aromatic heterocycles. The van der Waals surface area contributed by atoms with E-state index in [1.54, 1.807) is 31.2 Å². The first-order chi connectivity index (χ1) is 11.8. The first kappa shape index (κ1) is 18.6. The maximum absolute atomic E-state index is 12.9. The minimum atomic E-state index is -2.79. The van der Waals surface area contributed by atoms with E-state index in [0.29, 0.717) is 15.9 Å². The van der Waals surface area contributed by atoms with Gasteiger partial charge in [0.2, 0.25) is 5.91 Å². The van der Waals surface area contributed by atoms with E-state index in [0.717, 1.165) is 5.56 Å². The van der Waals surface area contributed by atoms with E-state index in [2.05, 4.69) is 5.10 Å². The first-order valence-electron chi connectivity index (χ1n) is 7.65. The highest BCUT2D eigenvalue weighted by atomic mass is 19.3. The van der Waals surface area contributed by atoms with Gasteiger partial charge in [-0.15, -0.1) is 0 Å². The fourth-order valence-corrected chi connectivity index (χ4v) is 2.61. The second kappa shape index (κ2) is 7.87. The molecule has 25 heavy (non-hydrogen) atoms. The van der Waals surface area contributed by atoms with Gasteiger partial charge in [0.05, 0.1) is 12.1 Å². The van der Waals surface area contributed by atoms with Crippen molar-refractivity contribution in [3.8, 4) is 0 Å². The first-order valence-corrected chi connectivity index (χ1v) is 7.65. The molecule has 6 nitrogen and oxygen atoms in total. The highest BCUT2D eigenvalue weighted by Gasteiger charge is 2.23. The van der Waals surface area contributed by atoms with Crippen LogP contribution in [0.15, 0.2) is 30.3 Å². The number of amides is 1. The highest BCUT2D eigenvalue weighted by molar-refractivity contribution is 5.83. The van der Waals surface area contributed by atoms with Gasteiger partial charge in [-0.1, -0.05) is 30.3 Å². The molecule has 0 unspecified atom stereocenters. The van der Waals surface area contributed by atoms with Crippen molar-refractivity contribution in [2.45, 2.75) is 33.4 Å². The second-order valence-electron chi connectivity index (χ2n) is 5.68. The van der Waals surface area contributed by atoms with Crippen LogP contribution < -0.4 is 0 Å². The van der Waals surface area contributed by atoms with Crippen molar-refractivity contribution in [2.75, 3.05) is 6.54 Å². The molecule has 134 valence electrons. The molecule has 0 spiro atoms. The lowest BCUT2D eigenvalue weighted by Crippen LogP contribution is -2.36. The molecular weight excluding hydrogens is 332 g/mol. The van der Waals surface area contributed by atoms with Gasteiger partial charge >= 0.3 is 12.5 Å². The summed E-state index contributed by atoms with van der Waals surface area (Å²) in [5, 5.41) is 12.8. The van der Waals surface area contributed by atoms with E-state index < -0.39 is 25.0 Å². The molecular formula is C17H19F2N3O3. The van der Waals surface area contributed by atoms with E-state index in [1.807, 2.05) is 6.07 Å². The third-order valence-electron chi connectivity index (χ3n) is 3.88. The van der Waals surface area contributed by atoms with Crippen LogP contribution in [0.2, 0.25) is 0 Å². The predicted octanol–water partition coefficient (Wildman–Crippen LogP) is 2.55. The number of hydrogen-bond donors (Lipinski definition) is 1. The highest BCUT2D eigenvalue weighted by Crippen LogP contribution is 2.20. The second-order valence-corrected chi connectivity index (χ2v) is 5.68. The minimum Gasteiger partial charge on any atom is -0.480 e. The molecule has 8 heteroatoms. The molecule has 1 aromatic carbocycles. The normalized spacial score (nSPS) is 10.9. The van der Waals surface area contributed by atoms with Crippen molar-refractivity contribution in [1.29, 1.82) is 0 Å². The van der Waals surface area contributed by atoms with Gasteiger partial charge in [-0.25, -0.2) is 4.68 Å². The number of rotatable bonds is 7. The maximum Gasteiger partial charge on any atom is 0.333 e. The third-order valence-corrected chi connectivity index (χ3v) is 3.88. The lowest BCUT2D eigenvalue weighted by Gasteiger charge is -2.21. The number of aryl methyl sites for hydroxylation is 1. The van der Waals surface area contributed by atoms with Crippen LogP contribution in [0.3, 0.4) is 0 Å². The number of benzene rings is 1. The lowest BCUT2D eigenvalue weighted by molar-refractivity contribution is -0.144. The number of hydrogen-bond acceptors (Lipinski definition) is 3. The monoisotopic (exact) mass is 351 g/mol. The smallest absolute Gasteiger partial charge is 0.333 e. The van der Waals surface area contributed by atoms with Gasteiger partial charge in [-0.3, -0.25) is 9.59 Å². The number of carbonyl (C=O) groups is 2. The molecule has 0 atom stereocenters. The molecule has 1 amide bonds. The molecule has 1 N–H and O–H groups in total. The quantitative estimate of drug-likeness (QED) is 0.832. The fourth-order valence-electron chi connectivity index (χ4n) is 2.61. The van der Waals surface area contributed by atoms with Crippen LogP contribution in [0, 0.1) is 13.8 Å². The number of carboxylic acid groups (broad SMARTS) is 1. The third kappa shape index (κ3) is 4.62. The Kier molecular flexibility index (Phi) is 5.84. The number of carbonyl (C=O) groups excluding carboxylic acids is 1. The topological polar surface area (TPSA) is 75.4 Å². The molecule has 0 radical (unpaired) electrons. The zero-order valence-corrected chi connectivity index (χ0v) is 13.9. The lowest BCUT2D eigenvalue weighted by atomic mass is 10.1. The zero-order valence-electron chi connectivity index (χ0n) is 13.9. The average molecular weight is 351 g/mol. The van der Waals surface area contributed by atoms with E-state index in [-0.39, 0.29) is 18.7 Å². The van der Waals surface area contributed by atoms with Gasteiger partial charge < -0.3 is 10.0 Å². The van der Waals surface area contributed by atoms with Gasteiger partial charge in [-0.05, 0) is 19.4 Å². The molecule has 2 rings (SSSR count). The van der Waals surface area contributed by atoms with Crippen LogP contribution in [-0.4, -0.2) is 38.2 Å². The van der Waals surface area contributed by atoms with Crippen molar-refractivity contribution in [3.05, 3.63) is 52.8 Å². The van der Waals surface area contributed by atoms with Gasteiger partial charge in [0.15, 0.2) is 0 Å². The van der Waals surface area contributed by atoms with Crippen LogP contribution in [0.5, 0.6) is 0 Å². The molecule has 0 aliphatic heterocycles. The summed E-state index contributed by atoms with van der Waals surface area (Å²) in [6.45, 7) is -0.107. The van der Waals surface area contributed by atoms with Crippen molar-refractivity contribution in [3.63, 3.8) is 0 Å². The predicted molar refractivity (Wildman–Crippen MR) is 86.2 cm³/mol. The summed E-state index contributed by atoms with van der Waals surface area (Å²) in [5.41, 5.74) is 1.72. The number of aliphatic carboxylic acids is 1. The Morgan fingerprint density at radius 3 is 2.40 bits per heavy atom. The van der Waals surface area contributed by atoms with Crippen LogP contribution >= 0.6 is 0 Å². The van der Waals surface area contributed by atoms with Crippen LogP contribution in [0.4, 0.5) is 8.78 Å². The van der Waals surface area contributed by atoms with Gasteiger partial charge in [0.1, 0.15) is 6.54 Å². The fraction of sp³-hybridized carbons (Fsp3) is 0.353. The van der Waals surface area contributed by atoms with Crippen LogP contribution in [0.25, 0.3) is 0 Å². The molecule has 0 aliphatic rings. The summed E-state index contributed by atoms with van der Waals surface area (Å²) < 4.78 is 26.4. The Labute approximate surface area is 143 Å². The van der Waals surface area contributed by atoms with Crippen molar-refractivity contribution < 1.29 is 23.5 Å². The molecule has 2 aromatic rings. The number of aromatic nitrogens is 2. The maximum atomic E-state index is 12.9. The Balaban J connectivity index is 2.21. The van der Waals surface area contributed by atoms with Gasteiger partial charge in [0, 0.05) is 17.8 Å². The number of halogens is 2. The Bertz CT molecular complexity index is 760. The SMILES string of the molecule is Cc1nn(C(F)F)c(C)c1CC(=O)N(CC(=O)O)Cc1ccccc1.